The van der Waals surface area contributed by atoms with Crippen LogP contribution in [0, 0.1) is 0 Å². The highest BCUT2D eigenvalue weighted by atomic mass is 19.4. The van der Waals surface area contributed by atoms with E-state index in [-0.39, 0.29) is 23.7 Å². The SMILES string of the molecule is C[C@]1(c2ccccc2)COc2cc(C(F)(F)F)ccc2C1=O. The second-order valence-electron chi connectivity index (χ2n) is 5.52. The fourth-order valence-electron chi connectivity index (χ4n) is 2.61. The molecule has 2 nitrogen and oxygen atoms in total. The molecule has 0 N–H and O–H groups in total. The summed E-state index contributed by atoms with van der Waals surface area (Å²) in [5.41, 5.74) is -0.743. The van der Waals surface area contributed by atoms with Crippen LogP contribution in [0.25, 0.3) is 0 Å². The third-order valence-corrected chi connectivity index (χ3v) is 3.98. The van der Waals surface area contributed by atoms with Gasteiger partial charge in [-0.3, -0.25) is 4.79 Å². The van der Waals surface area contributed by atoms with Gasteiger partial charge in [-0.15, -0.1) is 0 Å². The molecule has 0 aromatic heterocycles. The molecule has 0 bridgehead atoms. The van der Waals surface area contributed by atoms with Crippen LogP contribution in [-0.2, 0) is 11.6 Å². The van der Waals surface area contributed by atoms with Crippen LogP contribution in [0.3, 0.4) is 0 Å². The second kappa shape index (κ2) is 4.87. The predicted octanol–water partition coefficient (Wildman–Crippen LogP) is 4.24. The third-order valence-electron chi connectivity index (χ3n) is 3.98. The molecule has 5 heteroatoms. The summed E-state index contributed by atoms with van der Waals surface area (Å²) in [4.78, 5) is 12.7. The summed E-state index contributed by atoms with van der Waals surface area (Å²) in [5.74, 6) is -0.234. The number of halogens is 3. The van der Waals surface area contributed by atoms with Crippen molar-refractivity contribution in [2.24, 2.45) is 0 Å². The molecular weight excluding hydrogens is 293 g/mol. The van der Waals surface area contributed by atoms with E-state index >= 15 is 0 Å². The Kier molecular flexibility index (Phi) is 3.24. The van der Waals surface area contributed by atoms with Crippen molar-refractivity contribution < 1.29 is 22.7 Å². The maximum atomic E-state index is 12.7. The summed E-state index contributed by atoms with van der Waals surface area (Å²) < 4.78 is 43.7. The van der Waals surface area contributed by atoms with E-state index in [1.807, 2.05) is 30.3 Å². The van der Waals surface area contributed by atoms with Gasteiger partial charge in [0.2, 0.25) is 0 Å². The van der Waals surface area contributed by atoms with E-state index in [1.54, 1.807) is 6.92 Å². The number of hydrogen-bond donors (Lipinski definition) is 0. The highest BCUT2D eigenvalue weighted by Crippen LogP contribution is 2.40. The standard InChI is InChI=1S/C17H13F3O2/c1-16(11-5-3-2-4-6-11)10-22-14-9-12(17(18,19)20)7-8-13(14)15(16)21/h2-9H,10H2,1H3/t16-/m1/s1. The Morgan fingerprint density at radius 2 is 1.77 bits per heavy atom. The van der Waals surface area contributed by atoms with Gasteiger partial charge in [-0.05, 0) is 30.7 Å². The maximum Gasteiger partial charge on any atom is 0.416 e. The lowest BCUT2D eigenvalue weighted by Gasteiger charge is -2.34. The molecule has 0 radical (unpaired) electrons. The van der Waals surface area contributed by atoms with Crippen LogP contribution in [0.2, 0.25) is 0 Å². The number of Topliss-reactive ketones (excluding diaryl/α,β-unsaturated/α-hetero) is 1. The molecule has 3 rings (SSSR count). The van der Waals surface area contributed by atoms with Gasteiger partial charge in [-0.2, -0.15) is 13.2 Å². The largest absolute Gasteiger partial charge is 0.491 e. The third kappa shape index (κ3) is 2.26. The van der Waals surface area contributed by atoms with Crippen LogP contribution in [0.15, 0.2) is 48.5 Å². The summed E-state index contributed by atoms with van der Waals surface area (Å²) >= 11 is 0. The van der Waals surface area contributed by atoms with Crippen molar-refractivity contribution in [3.05, 3.63) is 65.2 Å². The molecule has 22 heavy (non-hydrogen) atoms. The van der Waals surface area contributed by atoms with E-state index in [0.29, 0.717) is 0 Å². The van der Waals surface area contributed by atoms with E-state index in [4.69, 9.17) is 4.74 Å². The molecule has 0 aliphatic carbocycles. The number of carbonyl (C=O) groups is 1. The minimum atomic E-state index is -4.46. The highest BCUT2D eigenvalue weighted by molar-refractivity contribution is 6.07. The molecule has 1 heterocycles. The zero-order valence-corrected chi connectivity index (χ0v) is 11.8. The molecule has 0 saturated heterocycles. The quantitative estimate of drug-likeness (QED) is 0.788. The number of benzene rings is 2. The number of ether oxygens (including phenoxy) is 1. The van der Waals surface area contributed by atoms with Crippen molar-refractivity contribution in [2.75, 3.05) is 6.61 Å². The Bertz CT molecular complexity index is 722. The Labute approximate surface area is 125 Å². The van der Waals surface area contributed by atoms with Crippen molar-refractivity contribution in [1.82, 2.24) is 0 Å². The minimum absolute atomic E-state index is 0.00627. The molecule has 114 valence electrons. The van der Waals surface area contributed by atoms with E-state index in [0.717, 1.165) is 17.7 Å². The summed E-state index contributed by atoms with van der Waals surface area (Å²) in [7, 11) is 0. The first-order valence-electron chi connectivity index (χ1n) is 6.77. The van der Waals surface area contributed by atoms with E-state index in [9.17, 15) is 18.0 Å². The first-order valence-corrected chi connectivity index (χ1v) is 6.77. The summed E-state index contributed by atoms with van der Waals surface area (Å²) in [6.45, 7) is 1.76. The van der Waals surface area contributed by atoms with Crippen LogP contribution in [0.5, 0.6) is 5.75 Å². The van der Waals surface area contributed by atoms with Gasteiger partial charge in [-0.25, -0.2) is 0 Å². The minimum Gasteiger partial charge on any atom is -0.491 e. The number of carbonyl (C=O) groups excluding carboxylic acids is 1. The van der Waals surface area contributed by atoms with E-state index in [2.05, 4.69) is 0 Å². The van der Waals surface area contributed by atoms with Gasteiger partial charge in [0.25, 0.3) is 0 Å². The van der Waals surface area contributed by atoms with Crippen molar-refractivity contribution in [3.63, 3.8) is 0 Å². The van der Waals surface area contributed by atoms with Gasteiger partial charge >= 0.3 is 6.18 Å². The topological polar surface area (TPSA) is 26.3 Å². The first kappa shape index (κ1) is 14.6. The highest BCUT2D eigenvalue weighted by Gasteiger charge is 2.42. The molecule has 0 amide bonds. The molecule has 2 aromatic carbocycles. The fraction of sp³-hybridized carbons (Fsp3) is 0.235. The van der Waals surface area contributed by atoms with Crippen molar-refractivity contribution >= 4 is 5.78 Å². The van der Waals surface area contributed by atoms with Gasteiger partial charge in [0.15, 0.2) is 5.78 Å². The lowest BCUT2D eigenvalue weighted by Crippen LogP contribution is -2.42. The van der Waals surface area contributed by atoms with Crippen molar-refractivity contribution in [2.45, 2.75) is 18.5 Å². The van der Waals surface area contributed by atoms with Gasteiger partial charge in [0.05, 0.1) is 16.5 Å². The maximum absolute atomic E-state index is 12.7. The average Bonchev–Trinajstić information content (AvgIpc) is 2.51. The Morgan fingerprint density at radius 1 is 1.09 bits per heavy atom. The number of rotatable bonds is 1. The number of fused-ring (bicyclic) bond motifs is 1. The van der Waals surface area contributed by atoms with Crippen LogP contribution >= 0.6 is 0 Å². The lowest BCUT2D eigenvalue weighted by atomic mass is 9.75. The van der Waals surface area contributed by atoms with Crippen LogP contribution < -0.4 is 4.74 Å². The van der Waals surface area contributed by atoms with Crippen LogP contribution in [0.4, 0.5) is 13.2 Å². The lowest BCUT2D eigenvalue weighted by molar-refractivity contribution is -0.137. The molecule has 0 fully saturated rings. The fourth-order valence-corrected chi connectivity index (χ4v) is 2.61. The Hall–Kier alpha value is -2.30. The van der Waals surface area contributed by atoms with E-state index in [1.165, 1.54) is 6.07 Å². The molecule has 1 aliphatic heterocycles. The summed E-state index contributed by atoms with van der Waals surface area (Å²) in [5, 5.41) is 0. The van der Waals surface area contributed by atoms with Gasteiger partial charge < -0.3 is 4.74 Å². The molecule has 0 unspecified atom stereocenters. The predicted molar refractivity (Wildman–Crippen MR) is 75.1 cm³/mol. The Balaban J connectivity index is 2.04. The van der Waals surface area contributed by atoms with Crippen LogP contribution in [-0.4, -0.2) is 12.4 Å². The zero-order valence-electron chi connectivity index (χ0n) is 11.8. The average molecular weight is 306 g/mol. The Morgan fingerprint density at radius 3 is 2.41 bits per heavy atom. The summed E-state index contributed by atoms with van der Waals surface area (Å²) in [6.07, 6.45) is -4.46. The molecule has 1 atom stereocenters. The smallest absolute Gasteiger partial charge is 0.416 e. The van der Waals surface area contributed by atoms with Crippen LogP contribution in [0.1, 0.15) is 28.4 Å². The monoisotopic (exact) mass is 306 g/mol. The normalized spacial score (nSPS) is 21.2. The van der Waals surface area contributed by atoms with Gasteiger partial charge in [0, 0.05) is 0 Å². The van der Waals surface area contributed by atoms with E-state index < -0.39 is 17.2 Å². The number of alkyl halides is 3. The van der Waals surface area contributed by atoms with Gasteiger partial charge in [0.1, 0.15) is 12.4 Å². The number of hydrogen-bond acceptors (Lipinski definition) is 2. The molecule has 2 aromatic rings. The molecule has 1 aliphatic rings. The number of ketones is 1. The zero-order chi connectivity index (χ0) is 16.0. The first-order chi connectivity index (χ1) is 10.3. The molecule has 0 spiro atoms. The molecule has 0 saturated carbocycles. The second-order valence-corrected chi connectivity index (χ2v) is 5.52. The van der Waals surface area contributed by atoms with Gasteiger partial charge in [-0.1, -0.05) is 30.3 Å². The van der Waals surface area contributed by atoms with Crippen molar-refractivity contribution in [1.29, 1.82) is 0 Å². The summed E-state index contributed by atoms with van der Waals surface area (Å²) in [6, 6.07) is 12.1. The van der Waals surface area contributed by atoms with Crippen molar-refractivity contribution in [3.8, 4) is 5.75 Å². The molecular formula is C17H13F3O2.